The average molecular weight is 569 g/mol. The van der Waals surface area contributed by atoms with Gasteiger partial charge in [-0.3, -0.25) is 9.59 Å². The van der Waals surface area contributed by atoms with E-state index >= 15 is 0 Å². The van der Waals surface area contributed by atoms with Gasteiger partial charge in [-0.15, -0.1) is 0 Å². The fraction of sp³-hybridized carbons (Fsp3) is 0.357. The van der Waals surface area contributed by atoms with Crippen molar-refractivity contribution >= 4 is 34.2 Å². The highest BCUT2D eigenvalue weighted by Crippen LogP contribution is 2.47. The number of benzene rings is 2. The Labute approximate surface area is 213 Å². The van der Waals surface area contributed by atoms with Crippen molar-refractivity contribution in [2.45, 2.75) is 58.0 Å². The molecule has 6 heteroatoms. The van der Waals surface area contributed by atoms with Gasteiger partial charge in [-0.2, -0.15) is 0 Å². The van der Waals surface area contributed by atoms with Gasteiger partial charge in [0.2, 0.25) is 0 Å². The number of ether oxygens (including phenoxy) is 2. The maximum absolute atomic E-state index is 13.1. The highest BCUT2D eigenvalue weighted by molar-refractivity contribution is 14.1. The molecule has 0 spiro atoms. The summed E-state index contributed by atoms with van der Waals surface area (Å²) in [5.74, 6) is 1.22. The van der Waals surface area contributed by atoms with Crippen molar-refractivity contribution in [2.75, 3.05) is 7.11 Å². The van der Waals surface area contributed by atoms with Crippen LogP contribution in [0.4, 0.5) is 0 Å². The van der Waals surface area contributed by atoms with E-state index in [0.717, 1.165) is 62.9 Å². The van der Waals surface area contributed by atoms with Crippen molar-refractivity contribution in [2.24, 2.45) is 0 Å². The van der Waals surface area contributed by atoms with E-state index < -0.39 is 0 Å². The first-order chi connectivity index (χ1) is 16.5. The molecule has 1 N–H and O–H groups in total. The Morgan fingerprint density at radius 3 is 2.15 bits per heavy atom. The van der Waals surface area contributed by atoms with Gasteiger partial charge in [0.05, 0.1) is 10.7 Å². The van der Waals surface area contributed by atoms with Gasteiger partial charge >= 0.3 is 0 Å². The quantitative estimate of drug-likeness (QED) is 0.456. The lowest BCUT2D eigenvalue weighted by atomic mass is 9.71. The molecule has 0 fully saturated rings. The maximum Gasteiger partial charge on any atom is 0.174 e. The van der Waals surface area contributed by atoms with Crippen LogP contribution in [0.3, 0.4) is 0 Å². The summed E-state index contributed by atoms with van der Waals surface area (Å²) in [5, 5.41) is 3.47. The van der Waals surface area contributed by atoms with Crippen molar-refractivity contribution < 1.29 is 19.1 Å². The second-order valence-electron chi connectivity index (χ2n) is 9.20. The molecular weight excluding hydrogens is 541 g/mol. The van der Waals surface area contributed by atoms with Gasteiger partial charge in [0.1, 0.15) is 6.61 Å². The molecule has 0 saturated heterocycles. The van der Waals surface area contributed by atoms with E-state index in [2.05, 4.69) is 59.1 Å². The minimum Gasteiger partial charge on any atom is -0.493 e. The van der Waals surface area contributed by atoms with Crippen molar-refractivity contribution in [3.8, 4) is 11.5 Å². The SMILES string of the molecule is COc1cc(C2C3=C(CCCC3=O)NC3=C2C(=O)CCC3)cc(I)c1OCc1ccc(C)cc1. The predicted octanol–water partition coefficient (Wildman–Crippen LogP) is 5.89. The standard InChI is InChI=1S/C28H28INO4/c1-16-9-11-17(12-10-16)15-34-28-19(29)13-18(14-24(28)33-2)25-26-20(5-3-7-22(26)31)30-21-6-4-8-23(32)27(21)25/h9-14,25,30H,3-8,15H2,1-2H3. The van der Waals surface area contributed by atoms with E-state index in [1.807, 2.05) is 12.1 Å². The molecule has 0 aromatic heterocycles. The first-order valence-corrected chi connectivity index (χ1v) is 12.9. The molecule has 0 amide bonds. The van der Waals surface area contributed by atoms with E-state index in [1.54, 1.807) is 7.11 Å². The van der Waals surface area contributed by atoms with E-state index in [-0.39, 0.29) is 17.5 Å². The molecule has 2 aliphatic carbocycles. The zero-order valence-corrected chi connectivity index (χ0v) is 21.7. The second kappa shape index (κ2) is 9.56. The molecule has 1 aliphatic heterocycles. The van der Waals surface area contributed by atoms with E-state index in [0.29, 0.717) is 30.9 Å². The molecular formula is C28H28INO4. The van der Waals surface area contributed by atoms with E-state index in [9.17, 15) is 9.59 Å². The number of halogens is 1. The second-order valence-corrected chi connectivity index (χ2v) is 10.4. The number of dihydropyridines is 1. The Bertz CT molecular complexity index is 1180. The first-order valence-electron chi connectivity index (χ1n) is 11.8. The van der Waals surface area contributed by atoms with Crippen LogP contribution in [-0.4, -0.2) is 18.7 Å². The number of carbonyl (C=O) groups is 2. The molecule has 3 aliphatic rings. The zero-order chi connectivity index (χ0) is 23.8. The van der Waals surface area contributed by atoms with Crippen molar-refractivity contribution in [3.63, 3.8) is 0 Å². The lowest BCUT2D eigenvalue weighted by Gasteiger charge is -2.37. The van der Waals surface area contributed by atoms with Crippen molar-refractivity contribution in [1.29, 1.82) is 0 Å². The summed E-state index contributed by atoms with van der Waals surface area (Å²) in [7, 11) is 1.63. The third-order valence-electron chi connectivity index (χ3n) is 6.88. The van der Waals surface area contributed by atoms with Crippen molar-refractivity contribution in [1.82, 2.24) is 5.32 Å². The van der Waals surface area contributed by atoms with Crippen LogP contribution >= 0.6 is 22.6 Å². The summed E-state index contributed by atoms with van der Waals surface area (Å²) in [6.45, 7) is 2.49. The van der Waals surface area contributed by atoms with Crippen LogP contribution in [0.2, 0.25) is 0 Å². The van der Waals surface area contributed by atoms with E-state index in [4.69, 9.17) is 9.47 Å². The third-order valence-corrected chi connectivity index (χ3v) is 7.68. The molecule has 0 saturated carbocycles. The molecule has 0 atom stereocenters. The van der Waals surface area contributed by atoms with E-state index in [1.165, 1.54) is 5.56 Å². The van der Waals surface area contributed by atoms with Crippen LogP contribution in [-0.2, 0) is 16.2 Å². The number of methoxy groups -OCH3 is 1. The van der Waals surface area contributed by atoms with Crippen LogP contribution < -0.4 is 14.8 Å². The fourth-order valence-corrected chi connectivity index (χ4v) is 5.98. The Morgan fingerprint density at radius 2 is 1.56 bits per heavy atom. The lowest BCUT2D eigenvalue weighted by Crippen LogP contribution is -2.36. The summed E-state index contributed by atoms with van der Waals surface area (Å²) in [6, 6.07) is 12.2. The molecule has 0 unspecified atom stereocenters. The monoisotopic (exact) mass is 569 g/mol. The lowest BCUT2D eigenvalue weighted by molar-refractivity contribution is -0.116. The van der Waals surface area contributed by atoms with Gasteiger partial charge in [0.15, 0.2) is 23.1 Å². The first kappa shape index (κ1) is 23.1. The van der Waals surface area contributed by atoms with Gasteiger partial charge in [-0.05, 0) is 78.5 Å². The Kier molecular flexibility index (Phi) is 6.51. The number of hydrogen-bond acceptors (Lipinski definition) is 5. The van der Waals surface area contributed by atoms with Crippen LogP contribution in [0.1, 0.15) is 61.1 Å². The highest BCUT2D eigenvalue weighted by atomic mass is 127. The van der Waals surface area contributed by atoms with Crippen LogP contribution in [0.5, 0.6) is 11.5 Å². The number of carbonyl (C=O) groups excluding carboxylic acids is 2. The number of Topliss-reactive ketones (excluding diaryl/α,β-unsaturated/α-hetero) is 2. The molecule has 2 aromatic carbocycles. The Morgan fingerprint density at radius 1 is 0.941 bits per heavy atom. The molecule has 5 rings (SSSR count). The predicted molar refractivity (Wildman–Crippen MR) is 139 cm³/mol. The molecule has 1 heterocycles. The number of rotatable bonds is 5. The van der Waals surface area contributed by atoms with Gasteiger partial charge in [-0.25, -0.2) is 0 Å². The van der Waals surface area contributed by atoms with Crippen LogP contribution in [0, 0.1) is 10.5 Å². The molecule has 5 nitrogen and oxygen atoms in total. The number of aryl methyl sites for hydroxylation is 1. The Hall–Kier alpha value is -2.61. The molecule has 176 valence electrons. The topological polar surface area (TPSA) is 64.6 Å². The number of ketones is 2. The van der Waals surface area contributed by atoms with Gasteiger partial charge in [0.25, 0.3) is 0 Å². The van der Waals surface area contributed by atoms with Crippen molar-refractivity contribution in [3.05, 3.63) is 79.2 Å². The van der Waals surface area contributed by atoms with Crippen LogP contribution in [0.15, 0.2) is 58.9 Å². The van der Waals surface area contributed by atoms with Gasteiger partial charge in [-0.1, -0.05) is 29.8 Å². The number of nitrogens with one attached hydrogen (secondary N) is 1. The summed E-state index contributed by atoms with van der Waals surface area (Å²) in [6.07, 6.45) is 4.43. The molecule has 2 aromatic rings. The molecule has 0 bridgehead atoms. The Balaban J connectivity index is 1.55. The molecule has 0 radical (unpaired) electrons. The normalized spacial score (nSPS) is 18.4. The number of allylic oxidation sites excluding steroid dienone is 4. The zero-order valence-electron chi connectivity index (χ0n) is 19.5. The minimum absolute atomic E-state index is 0.136. The fourth-order valence-electron chi connectivity index (χ4n) is 5.20. The van der Waals surface area contributed by atoms with Crippen LogP contribution in [0.25, 0.3) is 0 Å². The van der Waals surface area contributed by atoms with Gasteiger partial charge < -0.3 is 14.8 Å². The molecule has 34 heavy (non-hydrogen) atoms. The summed E-state index contributed by atoms with van der Waals surface area (Å²) < 4.78 is 12.8. The average Bonchev–Trinajstić information content (AvgIpc) is 2.83. The van der Waals surface area contributed by atoms with Gasteiger partial charge in [0, 0.05) is 41.3 Å². The minimum atomic E-state index is -0.347. The smallest absolute Gasteiger partial charge is 0.174 e. The summed E-state index contributed by atoms with van der Waals surface area (Å²) >= 11 is 2.26. The largest absolute Gasteiger partial charge is 0.493 e. The number of hydrogen-bond donors (Lipinski definition) is 1. The summed E-state index contributed by atoms with van der Waals surface area (Å²) in [4.78, 5) is 26.2. The third kappa shape index (κ3) is 4.28. The highest BCUT2D eigenvalue weighted by Gasteiger charge is 2.40. The summed E-state index contributed by atoms with van der Waals surface area (Å²) in [5.41, 5.74) is 6.69. The maximum atomic E-state index is 13.1.